The van der Waals surface area contributed by atoms with Crippen molar-refractivity contribution in [3.05, 3.63) is 60.2 Å². The van der Waals surface area contributed by atoms with Crippen LogP contribution in [-0.4, -0.2) is 25.4 Å². The van der Waals surface area contributed by atoms with Crippen molar-refractivity contribution in [2.75, 3.05) is 0 Å². The van der Waals surface area contributed by atoms with Crippen LogP contribution in [0.1, 0.15) is 10.4 Å². The molecule has 0 bridgehead atoms. The molecule has 2 aromatic carbocycles. The lowest BCUT2D eigenvalue weighted by atomic mass is 10.2. The molecule has 2 rings (SSSR count). The molecule has 0 saturated heterocycles. The lowest BCUT2D eigenvalue weighted by Crippen LogP contribution is -2.50. The molecule has 0 heterocycles. The summed E-state index contributed by atoms with van der Waals surface area (Å²) in [6.45, 7) is 0. The van der Waals surface area contributed by atoms with E-state index in [2.05, 4.69) is 0 Å². The molecule has 8 nitrogen and oxygen atoms in total. The third-order valence-corrected chi connectivity index (χ3v) is 4.85. The van der Waals surface area contributed by atoms with Gasteiger partial charge in [0.2, 0.25) is 9.84 Å². The number of imide groups is 1. The van der Waals surface area contributed by atoms with Crippen LogP contribution in [0.25, 0.3) is 0 Å². The molecular weight excluding hydrogens is 320 g/mol. The van der Waals surface area contributed by atoms with Gasteiger partial charge in [0.1, 0.15) is 0 Å². The SMILES string of the molecule is NNC(=O)N(N)C(=O)c1ccccc1S(=O)(=O)c1ccccc1. The molecule has 0 saturated carbocycles. The Bertz CT molecular complexity index is 837. The Labute approximate surface area is 132 Å². The molecule has 5 N–H and O–H groups in total. The fourth-order valence-corrected chi connectivity index (χ4v) is 3.37. The number of amides is 3. The number of hydrazine groups is 2. The van der Waals surface area contributed by atoms with Gasteiger partial charge in [0.25, 0.3) is 5.91 Å². The van der Waals surface area contributed by atoms with Crippen LogP contribution in [0.4, 0.5) is 4.79 Å². The van der Waals surface area contributed by atoms with Crippen molar-refractivity contribution >= 4 is 21.8 Å². The summed E-state index contributed by atoms with van der Waals surface area (Å²) >= 11 is 0. The van der Waals surface area contributed by atoms with Gasteiger partial charge in [-0.1, -0.05) is 30.3 Å². The molecule has 0 spiro atoms. The van der Waals surface area contributed by atoms with Crippen molar-refractivity contribution < 1.29 is 18.0 Å². The molecule has 23 heavy (non-hydrogen) atoms. The number of nitrogens with zero attached hydrogens (tertiary/aromatic N) is 1. The zero-order chi connectivity index (χ0) is 17.0. The Morgan fingerprint density at radius 2 is 1.52 bits per heavy atom. The molecule has 0 aliphatic rings. The molecule has 0 unspecified atom stereocenters. The van der Waals surface area contributed by atoms with Crippen LogP contribution in [0, 0.1) is 0 Å². The number of rotatable bonds is 3. The largest absolute Gasteiger partial charge is 0.353 e. The van der Waals surface area contributed by atoms with E-state index in [1.807, 2.05) is 0 Å². The molecule has 0 aromatic heterocycles. The van der Waals surface area contributed by atoms with Gasteiger partial charge < -0.3 is 0 Å². The normalized spacial score (nSPS) is 10.9. The van der Waals surface area contributed by atoms with E-state index < -0.39 is 21.8 Å². The van der Waals surface area contributed by atoms with Crippen LogP contribution in [0.2, 0.25) is 0 Å². The van der Waals surface area contributed by atoms with Crippen LogP contribution >= 0.6 is 0 Å². The minimum absolute atomic E-state index is 0.0205. The summed E-state index contributed by atoms with van der Waals surface area (Å²) in [7, 11) is -3.95. The lowest BCUT2D eigenvalue weighted by molar-refractivity contribution is 0.0796. The monoisotopic (exact) mass is 334 g/mol. The molecule has 0 radical (unpaired) electrons. The van der Waals surface area contributed by atoms with Crippen molar-refractivity contribution in [3.8, 4) is 0 Å². The van der Waals surface area contributed by atoms with Gasteiger partial charge >= 0.3 is 6.03 Å². The zero-order valence-corrected chi connectivity index (χ0v) is 12.7. The average Bonchev–Trinajstić information content (AvgIpc) is 2.60. The minimum atomic E-state index is -3.95. The van der Waals surface area contributed by atoms with Crippen molar-refractivity contribution in [1.29, 1.82) is 0 Å². The van der Waals surface area contributed by atoms with Crippen molar-refractivity contribution in [2.24, 2.45) is 11.7 Å². The fraction of sp³-hybridized carbons (Fsp3) is 0. The standard InChI is InChI=1S/C14H14N4O4S/c15-17-14(20)18(16)13(19)11-8-4-5-9-12(11)23(21,22)10-6-2-1-3-7-10/h1-9H,15-16H2,(H,17,20). The van der Waals surface area contributed by atoms with Gasteiger partial charge in [0.15, 0.2) is 0 Å². The molecule has 120 valence electrons. The topological polar surface area (TPSA) is 136 Å². The summed E-state index contributed by atoms with van der Waals surface area (Å²) < 4.78 is 25.4. The Balaban J connectivity index is 2.55. The molecule has 0 fully saturated rings. The Morgan fingerprint density at radius 1 is 0.957 bits per heavy atom. The smallest absolute Gasteiger partial charge is 0.274 e. The Kier molecular flexibility index (Phi) is 4.74. The van der Waals surface area contributed by atoms with E-state index in [0.29, 0.717) is 0 Å². The summed E-state index contributed by atoms with van der Waals surface area (Å²) in [4.78, 5) is 23.4. The van der Waals surface area contributed by atoms with Gasteiger partial charge in [-0.25, -0.2) is 24.9 Å². The number of hydrogen-bond acceptors (Lipinski definition) is 6. The maximum Gasteiger partial charge on any atom is 0.353 e. The molecule has 2 aromatic rings. The number of benzene rings is 2. The summed E-state index contributed by atoms with van der Waals surface area (Å²) in [6.07, 6.45) is 0. The van der Waals surface area contributed by atoms with E-state index in [0.717, 1.165) is 0 Å². The van der Waals surface area contributed by atoms with E-state index in [-0.39, 0.29) is 20.4 Å². The van der Waals surface area contributed by atoms with E-state index in [9.17, 15) is 18.0 Å². The highest BCUT2D eigenvalue weighted by Crippen LogP contribution is 2.24. The maximum atomic E-state index is 12.7. The number of urea groups is 1. The van der Waals surface area contributed by atoms with Crippen molar-refractivity contribution in [3.63, 3.8) is 0 Å². The minimum Gasteiger partial charge on any atom is -0.274 e. The van der Waals surface area contributed by atoms with Crippen LogP contribution in [0.3, 0.4) is 0 Å². The molecular formula is C14H14N4O4S. The summed E-state index contributed by atoms with van der Waals surface area (Å²) in [5.74, 6) is 9.27. The lowest BCUT2D eigenvalue weighted by Gasteiger charge is -2.16. The maximum absolute atomic E-state index is 12.7. The van der Waals surface area contributed by atoms with Crippen molar-refractivity contribution in [2.45, 2.75) is 9.79 Å². The van der Waals surface area contributed by atoms with E-state index >= 15 is 0 Å². The van der Waals surface area contributed by atoms with Crippen molar-refractivity contribution in [1.82, 2.24) is 10.4 Å². The first kappa shape index (κ1) is 16.6. The zero-order valence-electron chi connectivity index (χ0n) is 11.8. The first-order chi connectivity index (χ1) is 10.9. The fourth-order valence-electron chi connectivity index (χ4n) is 1.90. The van der Waals surface area contributed by atoms with E-state index in [4.69, 9.17) is 11.7 Å². The quantitative estimate of drug-likeness (QED) is 0.423. The van der Waals surface area contributed by atoms with Gasteiger partial charge in [-0.3, -0.25) is 10.2 Å². The molecule has 9 heteroatoms. The number of sulfone groups is 1. The molecule has 0 aliphatic carbocycles. The van der Waals surface area contributed by atoms with Crippen LogP contribution < -0.4 is 17.1 Å². The average molecular weight is 334 g/mol. The third-order valence-electron chi connectivity index (χ3n) is 3.02. The summed E-state index contributed by atoms with van der Waals surface area (Å²) in [6, 6.07) is 12.0. The molecule has 3 amide bonds. The van der Waals surface area contributed by atoms with E-state index in [1.165, 1.54) is 36.4 Å². The van der Waals surface area contributed by atoms with Crippen LogP contribution in [0.5, 0.6) is 0 Å². The van der Waals surface area contributed by atoms with Gasteiger partial charge in [-0.15, -0.1) is 0 Å². The Hall–Kier alpha value is -2.75. The number of nitrogens with one attached hydrogen (secondary N) is 1. The second-order valence-corrected chi connectivity index (χ2v) is 6.36. The first-order valence-corrected chi connectivity index (χ1v) is 7.87. The van der Waals surface area contributed by atoms with E-state index in [1.54, 1.807) is 23.6 Å². The van der Waals surface area contributed by atoms with Gasteiger partial charge in [0, 0.05) is 0 Å². The predicted molar refractivity (Wildman–Crippen MR) is 81.4 cm³/mol. The Morgan fingerprint density at radius 3 is 2.13 bits per heavy atom. The summed E-state index contributed by atoms with van der Waals surface area (Å²) in [5.41, 5.74) is 1.46. The molecule has 0 atom stereocenters. The van der Waals surface area contributed by atoms with Gasteiger partial charge in [0.05, 0.1) is 15.4 Å². The highest BCUT2D eigenvalue weighted by Gasteiger charge is 2.27. The second-order valence-electron chi connectivity index (χ2n) is 4.44. The van der Waals surface area contributed by atoms with Crippen LogP contribution in [-0.2, 0) is 9.84 Å². The van der Waals surface area contributed by atoms with Gasteiger partial charge in [-0.05, 0) is 24.3 Å². The highest BCUT2D eigenvalue weighted by atomic mass is 32.2. The predicted octanol–water partition coefficient (Wildman–Crippen LogP) is 0.419. The second kappa shape index (κ2) is 6.57. The summed E-state index contributed by atoms with van der Waals surface area (Å²) in [5, 5.41) is 0.208. The first-order valence-electron chi connectivity index (χ1n) is 6.38. The number of nitrogens with two attached hydrogens (primary N) is 2. The number of hydrogen-bond donors (Lipinski definition) is 3. The number of carbonyl (C=O) groups excluding carboxylic acids is 2. The molecule has 0 aliphatic heterocycles. The van der Waals surface area contributed by atoms with Crippen LogP contribution in [0.15, 0.2) is 64.4 Å². The van der Waals surface area contributed by atoms with Gasteiger partial charge in [-0.2, -0.15) is 5.01 Å². The highest BCUT2D eigenvalue weighted by molar-refractivity contribution is 7.91. The number of carbonyl (C=O) groups is 2. The third kappa shape index (κ3) is 3.21.